The zero-order chi connectivity index (χ0) is 11.7. The lowest BCUT2D eigenvalue weighted by Gasteiger charge is -1.98. The number of H-pyrrole nitrogens is 1. The Kier molecular flexibility index (Phi) is 2.34. The van der Waals surface area contributed by atoms with Gasteiger partial charge in [-0.15, -0.1) is 0 Å². The maximum absolute atomic E-state index is 5.57. The van der Waals surface area contributed by atoms with E-state index in [4.69, 9.17) is 5.73 Å². The number of benzene rings is 1. The Morgan fingerprint density at radius 2 is 1.94 bits per heavy atom. The van der Waals surface area contributed by atoms with Crippen LogP contribution in [0.5, 0.6) is 0 Å². The van der Waals surface area contributed by atoms with Crippen LogP contribution >= 0.6 is 0 Å². The molecule has 0 bridgehead atoms. The molecule has 0 radical (unpaired) electrons. The number of nitrogens with zero attached hydrogens (tertiary/aromatic N) is 2. The van der Waals surface area contributed by atoms with Crippen molar-refractivity contribution in [1.82, 2.24) is 15.0 Å². The molecule has 0 saturated carbocycles. The molecule has 0 unspecified atom stereocenters. The molecule has 3 N–H and O–H groups in total. The van der Waals surface area contributed by atoms with E-state index in [-0.39, 0.29) is 0 Å². The molecule has 17 heavy (non-hydrogen) atoms. The molecule has 0 fully saturated rings. The van der Waals surface area contributed by atoms with Crippen LogP contribution in [0.2, 0.25) is 0 Å². The van der Waals surface area contributed by atoms with Gasteiger partial charge in [0.2, 0.25) is 0 Å². The van der Waals surface area contributed by atoms with Crippen LogP contribution in [0.3, 0.4) is 0 Å². The van der Waals surface area contributed by atoms with Gasteiger partial charge < -0.3 is 10.7 Å². The fraction of sp³-hybridized carbons (Fsp3) is 0.0769. The molecule has 0 saturated heterocycles. The van der Waals surface area contributed by atoms with Crippen molar-refractivity contribution in [1.29, 1.82) is 0 Å². The number of nitrogens with two attached hydrogens (primary N) is 1. The van der Waals surface area contributed by atoms with E-state index in [0.29, 0.717) is 6.54 Å². The summed E-state index contributed by atoms with van der Waals surface area (Å²) in [5, 5.41) is 0. The van der Waals surface area contributed by atoms with Gasteiger partial charge in [0, 0.05) is 18.3 Å². The van der Waals surface area contributed by atoms with Crippen molar-refractivity contribution >= 4 is 11.2 Å². The van der Waals surface area contributed by atoms with Gasteiger partial charge in [-0.2, -0.15) is 0 Å². The third-order valence-electron chi connectivity index (χ3n) is 2.72. The molecule has 0 spiro atoms. The highest BCUT2D eigenvalue weighted by Crippen LogP contribution is 2.19. The molecule has 0 aliphatic carbocycles. The number of nitrogens with one attached hydrogen (secondary N) is 1. The number of pyridine rings is 1. The molecule has 3 rings (SSSR count). The van der Waals surface area contributed by atoms with Gasteiger partial charge in [-0.25, -0.2) is 9.97 Å². The van der Waals surface area contributed by atoms with E-state index in [1.807, 2.05) is 36.4 Å². The smallest absolute Gasteiger partial charge is 0.178 e. The van der Waals surface area contributed by atoms with Crippen molar-refractivity contribution in [3.8, 4) is 11.4 Å². The van der Waals surface area contributed by atoms with Gasteiger partial charge in [-0.05, 0) is 17.7 Å². The SMILES string of the molecule is NCc1ccc(-c2nc3ncccc3[nH]2)cc1. The highest BCUT2D eigenvalue weighted by atomic mass is 15.0. The predicted molar refractivity (Wildman–Crippen MR) is 67.2 cm³/mol. The van der Waals surface area contributed by atoms with Gasteiger partial charge >= 0.3 is 0 Å². The van der Waals surface area contributed by atoms with Crippen molar-refractivity contribution < 1.29 is 0 Å². The lowest BCUT2D eigenvalue weighted by molar-refractivity contribution is 1.07. The Morgan fingerprint density at radius 3 is 2.65 bits per heavy atom. The van der Waals surface area contributed by atoms with Crippen molar-refractivity contribution in [3.63, 3.8) is 0 Å². The number of hydrogen-bond acceptors (Lipinski definition) is 3. The van der Waals surface area contributed by atoms with Gasteiger partial charge in [0.1, 0.15) is 5.82 Å². The quantitative estimate of drug-likeness (QED) is 0.700. The Morgan fingerprint density at radius 1 is 1.12 bits per heavy atom. The van der Waals surface area contributed by atoms with Gasteiger partial charge in [-0.3, -0.25) is 0 Å². The van der Waals surface area contributed by atoms with Crippen LogP contribution in [0.25, 0.3) is 22.6 Å². The summed E-state index contributed by atoms with van der Waals surface area (Å²) < 4.78 is 0. The second-order valence-corrected chi connectivity index (χ2v) is 3.86. The molecule has 2 heterocycles. The molecule has 4 nitrogen and oxygen atoms in total. The van der Waals surface area contributed by atoms with Crippen molar-refractivity contribution in [2.75, 3.05) is 0 Å². The summed E-state index contributed by atoms with van der Waals surface area (Å²) in [5.74, 6) is 0.835. The first-order chi connectivity index (χ1) is 8.36. The molecule has 84 valence electrons. The fourth-order valence-electron chi connectivity index (χ4n) is 1.78. The summed E-state index contributed by atoms with van der Waals surface area (Å²) in [7, 11) is 0. The Balaban J connectivity index is 2.07. The summed E-state index contributed by atoms with van der Waals surface area (Å²) in [4.78, 5) is 11.9. The van der Waals surface area contributed by atoms with Gasteiger partial charge in [-0.1, -0.05) is 24.3 Å². The van der Waals surface area contributed by atoms with Crippen LogP contribution in [0.1, 0.15) is 5.56 Å². The van der Waals surface area contributed by atoms with Crippen molar-refractivity contribution in [2.24, 2.45) is 5.73 Å². The third-order valence-corrected chi connectivity index (χ3v) is 2.72. The number of hydrogen-bond donors (Lipinski definition) is 2. The fourth-order valence-corrected chi connectivity index (χ4v) is 1.78. The van der Waals surface area contributed by atoms with Crippen LogP contribution in [0.15, 0.2) is 42.6 Å². The highest BCUT2D eigenvalue weighted by molar-refractivity contribution is 5.75. The summed E-state index contributed by atoms with van der Waals surface area (Å²) >= 11 is 0. The summed E-state index contributed by atoms with van der Waals surface area (Å²) in [6, 6.07) is 11.9. The lowest BCUT2D eigenvalue weighted by Crippen LogP contribution is -1.95. The van der Waals surface area contributed by atoms with Crippen LogP contribution < -0.4 is 5.73 Å². The number of imidazole rings is 1. The molecule has 2 aromatic heterocycles. The molecule has 0 aliphatic heterocycles. The van der Waals surface area contributed by atoms with Crippen LogP contribution in [-0.2, 0) is 6.54 Å². The first-order valence-corrected chi connectivity index (χ1v) is 5.47. The normalized spacial score (nSPS) is 10.9. The standard InChI is InChI=1S/C13H12N4/c14-8-9-3-5-10(6-4-9)12-16-11-2-1-7-15-13(11)17-12/h1-7H,8,14H2,(H,15,16,17). The molecule has 0 amide bonds. The van der Waals surface area contributed by atoms with Gasteiger partial charge in [0.25, 0.3) is 0 Å². The van der Waals surface area contributed by atoms with E-state index in [1.54, 1.807) is 6.20 Å². The molecular formula is C13H12N4. The third kappa shape index (κ3) is 1.79. The zero-order valence-corrected chi connectivity index (χ0v) is 9.22. The monoisotopic (exact) mass is 224 g/mol. The largest absolute Gasteiger partial charge is 0.337 e. The zero-order valence-electron chi connectivity index (χ0n) is 9.22. The van der Waals surface area contributed by atoms with Crippen LogP contribution in [0.4, 0.5) is 0 Å². The minimum Gasteiger partial charge on any atom is -0.337 e. The van der Waals surface area contributed by atoms with Gasteiger partial charge in [0.15, 0.2) is 5.65 Å². The van der Waals surface area contributed by atoms with Crippen LogP contribution in [-0.4, -0.2) is 15.0 Å². The van der Waals surface area contributed by atoms with E-state index < -0.39 is 0 Å². The summed E-state index contributed by atoms with van der Waals surface area (Å²) in [5.41, 5.74) is 9.41. The number of rotatable bonds is 2. The first-order valence-electron chi connectivity index (χ1n) is 5.47. The van der Waals surface area contributed by atoms with E-state index >= 15 is 0 Å². The maximum Gasteiger partial charge on any atom is 0.178 e. The minimum absolute atomic E-state index is 0.558. The Hall–Kier alpha value is -2.20. The lowest BCUT2D eigenvalue weighted by atomic mass is 10.1. The molecule has 0 aliphatic rings. The second kappa shape index (κ2) is 3.99. The van der Waals surface area contributed by atoms with Crippen molar-refractivity contribution in [2.45, 2.75) is 6.54 Å². The molecule has 0 atom stereocenters. The minimum atomic E-state index is 0.558. The predicted octanol–water partition coefficient (Wildman–Crippen LogP) is 2.08. The number of aromatic nitrogens is 3. The molecule has 1 aromatic carbocycles. The molecule has 4 heteroatoms. The van der Waals surface area contributed by atoms with E-state index in [9.17, 15) is 0 Å². The van der Waals surface area contributed by atoms with Crippen LogP contribution in [0, 0.1) is 0 Å². The van der Waals surface area contributed by atoms with E-state index in [1.165, 1.54) is 0 Å². The Labute approximate surface area is 98.5 Å². The average Bonchev–Trinajstić information content (AvgIpc) is 2.82. The Bertz CT molecular complexity index is 607. The number of fused-ring (bicyclic) bond motifs is 1. The average molecular weight is 224 g/mol. The molecular weight excluding hydrogens is 212 g/mol. The topological polar surface area (TPSA) is 67.6 Å². The summed E-state index contributed by atoms with van der Waals surface area (Å²) in [6.45, 7) is 0.558. The summed E-state index contributed by atoms with van der Waals surface area (Å²) in [6.07, 6.45) is 1.74. The maximum atomic E-state index is 5.57. The molecule has 3 aromatic rings. The van der Waals surface area contributed by atoms with E-state index in [0.717, 1.165) is 28.1 Å². The first kappa shape index (κ1) is 9.99. The van der Waals surface area contributed by atoms with Gasteiger partial charge in [0.05, 0.1) is 5.52 Å². The second-order valence-electron chi connectivity index (χ2n) is 3.86. The highest BCUT2D eigenvalue weighted by Gasteiger charge is 2.04. The van der Waals surface area contributed by atoms with E-state index in [2.05, 4.69) is 15.0 Å². The number of aromatic amines is 1. The van der Waals surface area contributed by atoms with Crippen molar-refractivity contribution in [3.05, 3.63) is 48.2 Å².